The lowest BCUT2D eigenvalue weighted by molar-refractivity contribution is -0.140. The van der Waals surface area contributed by atoms with E-state index in [2.05, 4.69) is 17.1 Å². The van der Waals surface area contributed by atoms with Gasteiger partial charge in [-0.05, 0) is 33.4 Å². The number of hydrogen-bond acceptors (Lipinski definition) is 3. The molecule has 0 aromatic rings. The van der Waals surface area contributed by atoms with E-state index >= 15 is 0 Å². The van der Waals surface area contributed by atoms with Crippen LogP contribution < -0.4 is 5.32 Å². The van der Waals surface area contributed by atoms with Gasteiger partial charge in [0.1, 0.15) is 6.04 Å². The molecule has 1 heterocycles. The third-order valence-electron chi connectivity index (χ3n) is 3.25. The van der Waals surface area contributed by atoms with Crippen molar-refractivity contribution in [3.05, 3.63) is 0 Å². The first-order valence-electron chi connectivity index (χ1n) is 5.79. The fourth-order valence-electron chi connectivity index (χ4n) is 2.13. The molecule has 1 rings (SSSR count). The Hall–Kier alpha value is -0.610. The molecule has 1 fully saturated rings. The van der Waals surface area contributed by atoms with Crippen molar-refractivity contribution in [1.29, 1.82) is 0 Å². The summed E-state index contributed by atoms with van der Waals surface area (Å²) in [6, 6.07) is 0.0771. The lowest BCUT2D eigenvalue weighted by Gasteiger charge is -2.29. The summed E-state index contributed by atoms with van der Waals surface area (Å²) in [5.74, 6) is -0.756. The van der Waals surface area contributed by atoms with Gasteiger partial charge in [0, 0.05) is 12.6 Å². The van der Waals surface area contributed by atoms with Crippen molar-refractivity contribution in [2.75, 3.05) is 20.1 Å². The van der Waals surface area contributed by atoms with Crippen LogP contribution in [0.1, 0.15) is 32.6 Å². The van der Waals surface area contributed by atoms with Gasteiger partial charge in [-0.15, -0.1) is 0 Å². The summed E-state index contributed by atoms with van der Waals surface area (Å²) in [7, 11) is 1.71. The summed E-state index contributed by atoms with van der Waals surface area (Å²) < 4.78 is 0. The van der Waals surface area contributed by atoms with Crippen LogP contribution in [-0.4, -0.2) is 48.2 Å². The zero-order chi connectivity index (χ0) is 11.3. The number of nitrogens with zero attached hydrogens (tertiary/aromatic N) is 1. The summed E-state index contributed by atoms with van der Waals surface area (Å²) in [6.45, 7) is 3.85. The van der Waals surface area contributed by atoms with Crippen molar-refractivity contribution in [2.24, 2.45) is 0 Å². The number of carboxylic acids is 1. The van der Waals surface area contributed by atoms with Crippen LogP contribution in [0, 0.1) is 0 Å². The monoisotopic (exact) mass is 214 g/mol. The lowest BCUT2D eigenvalue weighted by atomic mass is 10.1. The molecule has 0 aliphatic carbocycles. The van der Waals surface area contributed by atoms with Crippen molar-refractivity contribution in [1.82, 2.24) is 10.2 Å². The molecule has 0 saturated carbocycles. The van der Waals surface area contributed by atoms with Crippen molar-refractivity contribution in [3.8, 4) is 0 Å². The number of likely N-dealkylation sites (N-methyl/N-ethyl adjacent to an activating group) is 1. The largest absolute Gasteiger partial charge is 0.480 e. The van der Waals surface area contributed by atoms with E-state index in [0.717, 1.165) is 6.54 Å². The predicted molar refractivity (Wildman–Crippen MR) is 60.0 cm³/mol. The van der Waals surface area contributed by atoms with Crippen LogP contribution in [0.15, 0.2) is 0 Å². The molecular formula is C11H22N2O2. The summed E-state index contributed by atoms with van der Waals surface area (Å²) >= 11 is 0. The Bertz CT molecular complexity index is 209. The first kappa shape index (κ1) is 12.5. The molecule has 1 aliphatic rings. The molecule has 88 valence electrons. The normalized spacial score (nSPS) is 25.9. The summed E-state index contributed by atoms with van der Waals surface area (Å²) in [4.78, 5) is 13.2. The van der Waals surface area contributed by atoms with Crippen LogP contribution in [0.5, 0.6) is 0 Å². The van der Waals surface area contributed by atoms with Gasteiger partial charge in [-0.25, -0.2) is 0 Å². The quantitative estimate of drug-likeness (QED) is 0.731. The number of nitrogens with one attached hydrogen (secondary N) is 1. The Balaban J connectivity index is 2.49. The minimum atomic E-state index is -0.756. The van der Waals surface area contributed by atoms with Gasteiger partial charge in [-0.1, -0.05) is 12.8 Å². The summed E-state index contributed by atoms with van der Waals surface area (Å²) in [5.41, 5.74) is 0. The molecule has 0 aromatic carbocycles. The number of carbonyl (C=O) groups is 1. The molecule has 0 aromatic heterocycles. The maximum atomic E-state index is 10.9. The van der Waals surface area contributed by atoms with Gasteiger partial charge in [0.2, 0.25) is 0 Å². The van der Waals surface area contributed by atoms with E-state index in [4.69, 9.17) is 5.11 Å². The maximum Gasteiger partial charge on any atom is 0.322 e. The fraction of sp³-hybridized carbons (Fsp3) is 0.909. The molecular weight excluding hydrogens is 192 g/mol. The zero-order valence-corrected chi connectivity index (χ0v) is 9.70. The average Bonchev–Trinajstić information content (AvgIpc) is 2.39. The van der Waals surface area contributed by atoms with Crippen LogP contribution in [-0.2, 0) is 4.79 Å². The van der Waals surface area contributed by atoms with Gasteiger partial charge in [-0.2, -0.15) is 0 Å². The summed E-state index contributed by atoms with van der Waals surface area (Å²) in [5, 5.41) is 11.8. The van der Waals surface area contributed by atoms with E-state index in [1.807, 2.05) is 0 Å². The van der Waals surface area contributed by atoms with E-state index in [9.17, 15) is 4.79 Å². The SMILES string of the molecule is CNC(CN1CCCCCC1C)C(=O)O. The zero-order valence-electron chi connectivity index (χ0n) is 9.70. The smallest absolute Gasteiger partial charge is 0.322 e. The fourth-order valence-corrected chi connectivity index (χ4v) is 2.13. The van der Waals surface area contributed by atoms with Gasteiger partial charge in [0.15, 0.2) is 0 Å². The molecule has 2 N–H and O–H groups in total. The van der Waals surface area contributed by atoms with Gasteiger partial charge in [-0.3, -0.25) is 9.69 Å². The van der Waals surface area contributed by atoms with E-state index in [-0.39, 0.29) is 0 Å². The number of carboxylic acid groups (broad SMARTS) is 1. The van der Waals surface area contributed by atoms with E-state index < -0.39 is 12.0 Å². The topological polar surface area (TPSA) is 52.6 Å². The number of aliphatic carboxylic acids is 1. The van der Waals surface area contributed by atoms with Crippen LogP contribution in [0.2, 0.25) is 0 Å². The molecule has 2 atom stereocenters. The van der Waals surface area contributed by atoms with Crippen LogP contribution in [0.4, 0.5) is 0 Å². The highest BCUT2D eigenvalue weighted by Gasteiger charge is 2.23. The average molecular weight is 214 g/mol. The molecule has 0 spiro atoms. The minimum absolute atomic E-state index is 0.439. The minimum Gasteiger partial charge on any atom is -0.480 e. The first-order valence-corrected chi connectivity index (χ1v) is 5.79. The van der Waals surface area contributed by atoms with E-state index in [1.165, 1.54) is 25.7 Å². The Morgan fingerprint density at radius 3 is 2.87 bits per heavy atom. The first-order chi connectivity index (χ1) is 7.15. The highest BCUT2D eigenvalue weighted by molar-refractivity contribution is 5.73. The van der Waals surface area contributed by atoms with Crippen LogP contribution in [0.25, 0.3) is 0 Å². The van der Waals surface area contributed by atoms with Crippen LogP contribution >= 0.6 is 0 Å². The molecule has 1 aliphatic heterocycles. The molecule has 0 radical (unpaired) electrons. The Kier molecular flexibility index (Phi) is 5.05. The van der Waals surface area contributed by atoms with Gasteiger partial charge < -0.3 is 10.4 Å². The lowest BCUT2D eigenvalue weighted by Crippen LogP contribution is -2.47. The van der Waals surface area contributed by atoms with Gasteiger partial charge >= 0.3 is 5.97 Å². The van der Waals surface area contributed by atoms with E-state index in [1.54, 1.807) is 7.05 Å². The highest BCUT2D eigenvalue weighted by Crippen LogP contribution is 2.16. The molecule has 2 unspecified atom stereocenters. The predicted octanol–water partition coefficient (Wildman–Crippen LogP) is 0.923. The standard InChI is InChI=1S/C11H22N2O2/c1-9-6-4-3-5-7-13(9)8-10(12-2)11(14)15/h9-10,12H,3-8H2,1-2H3,(H,14,15). The Morgan fingerprint density at radius 2 is 2.27 bits per heavy atom. The molecule has 1 saturated heterocycles. The molecule has 0 amide bonds. The third kappa shape index (κ3) is 3.80. The third-order valence-corrected chi connectivity index (χ3v) is 3.25. The van der Waals surface area contributed by atoms with Gasteiger partial charge in [0.05, 0.1) is 0 Å². The van der Waals surface area contributed by atoms with Crippen LogP contribution in [0.3, 0.4) is 0 Å². The van der Waals surface area contributed by atoms with Crippen molar-refractivity contribution >= 4 is 5.97 Å². The second-order valence-electron chi connectivity index (χ2n) is 4.37. The van der Waals surface area contributed by atoms with Crippen molar-refractivity contribution in [3.63, 3.8) is 0 Å². The molecule has 4 heteroatoms. The number of rotatable bonds is 4. The van der Waals surface area contributed by atoms with Gasteiger partial charge in [0.25, 0.3) is 0 Å². The molecule has 0 bridgehead atoms. The Labute approximate surface area is 91.6 Å². The second-order valence-corrected chi connectivity index (χ2v) is 4.37. The number of likely N-dealkylation sites (tertiary alicyclic amines) is 1. The van der Waals surface area contributed by atoms with Crippen molar-refractivity contribution in [2.45, 2.75) is 44.7 Å². The highest BCUT2D eigenvalue weighted by atomic mass is 16.4. The number of hydrogen-bond donors (Lipinski definition) is 2. The van der Waals surface area contributed by atoms with E-state index in [0.29, 0.717) is 12.6 Å². The summed E-state index contributed by atoms with van der Waals surface area (Å²) in [6.07, 6.45) is 4.93. The van der Waals surface area contributed by atoms with Crippen molar-refractivity contribution < 1.29 is 9.90 Å². The molecule has 15 heavy (non-hydrogen) atoms. The Morgan fingerprint density at radius 1 is 1.53 bits per heavy atom. The maximum absolute atomic E-state index is 10.9. The molecule has 4 nitrogen and oxygen atoms in total. The second kappa shape index (κ2) is 6.08.